The Balaban J connectivity index is 2.23. The van der Waals surface area contributed by atoms with Crippen molar-refractivity contribution in [3.8, 4) is 12.3 Å². The number of para-hydroxylation sites is 1. The minimum atomic E-state index is -0.446. The predicted octanol–water partition coefficient (Wildman–Crippen LogP) is 1.59. The third-order valence-electron chi connectivity index (χ3n) is 3.54. The molecule has 1 aromatic heterocycles. The first kappa shape index (κ1) is 13.1. The lowest BCUT2D eigenvalue weighted by Gasteiger charge is -2.16. The SMILES string of the molecule is C#CC1CC(=O)N(c2oc3ccccc3c(=O)c2C=O)C1. The lowest BCUT2D eigenvalue weighted by molar-refractivity contribution is -0.117. The normalized spacial score (nSPS) is 18.0. The molecular weight excluding hydrogens is 270 g/mol. The molecule has 1 fully saturated rings. The number of nitrogens with zero attached hydrogens (tertiary/aromatic N) is 1. The Labute approximate surface area is 120 Å². The van der Waals surface area contributed by atoms with Crippen molar-refractivity contribution in [3.63, 3.8) is 0 Å². The van der Waals surface area contributed by atoms with Crippen molar-refractivity contribution in [2.24, 2.45) is 5.92 Å². The first-order chi connectivity index (χ1) is 10.2. The molecule has 0 N–H and O–H groups in total. The largest absolute Gasteiger partial charge is 0.439 e. The summed E-state index contributed by atoms with van der Waals surface area (Å²) in [4.78, 5) is 36.9. The van der Waals surface area contributed by atoms with Crippen LogP contribution in [-0.4, -0.2) is 18.7 Å². The summed E-state index contributed by atoms with van der Waals surface area (Å²) in [5, 5.41) is 0.309. The van der Waals surface area contributed by atoms with Crippen molar-refractivity contribution in [2.75, 3.05) is 11.4 Å². The zero-order valence-electron chi connectivity index (χ0n) is 11.0. The molecule has 5 heteroatoms. The number of anilines is 1. The summed E-state index contributed by atoms with van der Waals surface area (Å²) in [6.45, 7) is 0.247. The molecule has 5 nitrogen and oxygen atoms in total. The predicted molar refractivity (Wildman–Crippen MR) is 77.2 cm³/mol. The second-order valence-corrected chi connectivity index (χ2v) is 4.84. The molecule has 21 heavy (non-hydrogen) atoms. The summed E-state index contributed by atoms with van der Waals surface area (Å²) in [5.74, 6) is 2.00. The van der Waals surface area contributed by atoms with Gasteiger partial charge in [0, 0.05) is 18.9 Å². The fourth-order valence-electron chi connectivity index (χ4n) is 2.46. The number of rotatable bonds is 2. The van der Waals surface area contributed by atoms with Crippen LogP contribution in [-0.2, 0) is 4.79 Å². The van der Waals surface area contributed by atoms with E-state index >= 15 is 0 Å². The molecule has 1 aliphatic rings. The summed E-state index contributed by atoms with van der Waals surface area (Å²) in [7, 11) is 0. The van der Waals surface area contributed by atoms with Gasteiger partial charge in [0.15, 0.2) is 6.29 Å². The molecule has 0 bridgehead atoms. The van der Waals surface area contributed by atoms with Crippen molar-refractivity contribution in [1.29, 1.82) is 0 Å². The minimum Gasteiger partial charge on any atom is -0.439 e. The van der Waals surface area contributed by atoms with Crippen LogP contribution >= 0.6 is 0 Å². The maximum Gasteiger partial charge on any atom is 0.230 e. The molecule has 0 radical (unpaired) electrons. The van der Waals surface area contributed by atoms with E-state index in [4.69, 9.17) is 10.8 Å². The van der Waals surface area contributed by atoms with Crippen molar-refractivity contribution in [2.45, 2.75) is 6.42 Å². The van der Waals surface area contributed by atoms with Crippen molar-refractivity contribution in [3.05, 3.63) is 40.1 Å². The number of terminal acetylenes is 1. The molecule has 0 aliphatic carbocycles. The van der Waals surface area contributed by atoms with Gasteiger partial charge in [0.05, 0.1) is 5.39 Å². The van der Waals surface area contributed by atoms with Gasteiger partial charge < -0.3 is 4.42 Å². The van der Waals surface area contributed by atoms with Crippen molar-refractivity contribution < 1.29 is 14.0 Å². The molecular formula is C16H11NO4. The highest BCUT2D eigenvalue weighted by molar-refractivity contribution is 6.00. The molecule has 3 rings (SSSR count). The molecule has 1 unspecified atom stereocenters. The Kier molecular flexibility index (Phi) is 3.07. The number of fused-ring (bicyclic) bond motifs is 1. The van der Waals surface area contributed by atoms with Gasteiger partial charge in [0.2, 0.25) is 17.2 Å². The Hall–Kier alpha value is -2.87. The third-order valence-corrected chi connectivity index (χ3v) is 3.54. The number of aldehydes is 1. The highest BCUT2D eigenvalue weighted by Gasteiger charge is 2.33. The van der Waals surface area contributed by atoms with Gasteiger partial charge in [-0.2, -0.15) is 0 Å². The molecule has 2 aromatic rings. The number of amides is 1. The first-order valence-electron chi connectivity index (χ1n) is 6.43. The zero-order chi connectivity index (χ0) is 15.0. The van der Waals surface area contributed by atoms with Crippen LogP contribution in [0.2, 0.25) is 0 Å². The molecule has 1 aromatic carbocycles. The Morgan fingerprint density at radius 2 is 2.10 bits per heavy atom. The van der Waals surface area contributed by atoms with E-state index < -0.39 is 5.43 Å². The number of hydrogen-bond donors (Lipinski definition) is 0. The minimum absolute atomic E-state index is 0.0172. The van der Waals surface area contributed by atoms with Crippen LogP contribution in [0.15, 0.2) is 33.5 Å². The molecule has 1 amide bonds. The van der Waals surface area contributed by atoms with E-state index in [2.05, 4.69) is 5.92 Å². The van der Waals surface area contributed by atoms with Gasteiger partial charge in [-0.3, -0.25) is 19.3 Å². The maximum absolute atomic E-state index is 12.3. The van der Waals surface area contributed by atoms with E-state index in [1.165, 1.54) is 4.90 Å². The van der Waals surface area contributed by atoms with Crippen molar-refractivity contribution in [1.82, 2.24) is 0 Å². The van der Waals surface area contributed by atoms with Crippen LogP contribution in [0.5, 0.6) is 0 Å². The number of carbonyl (C=O) groups is 2. The molecule has 104 valence electrons. The van der Waals surface area contributed by atoms with Gasteiger partial charge in [0.25, 0.3) is 0 Å². The van der Waals surface area contributed by atoms with Crippen LogP contribution in [0.1, 0.15) is 16.8 Å². The Morgan fingerprint density at radius 1 is 1.33 bits per heavy atom. The number of hydrogen-bond acceptors (Lipinski definition) is 4. The summed E-state index contributed by atoms with van der Waals surface area (Å²) >= 11 is 0. The molecule has 2 heterocycles. The molecule has 0 spiro atoms. The monoisotopic (exact) mass is 281 g/mol. The third kappa shape index (κ3) is 2.01. The molecule has 1 aliphatic heterocycles. The second kappa shape index (κ2) is 4.91. The van der Waals surface area contributed by atoms with Gasteiger partial charge in [-0.15, -0.1) is 12.3 Å². The fraction of sp³-hybridized carbons (Fsp3) is 0.188. The van der Waals surface area contributed by atoms with Crippen LogP contribution in [0, 0.1) is 18.3 Å². The van der Waals surface area contributed by atoms with E-state index in [-0.39, 0.29) is 36.2 Å². The first-order valence-corrected chi connectivity index (χ1v) is 6.43. The van der Waals surface area contributed by atoms with E-state index in [1.807, 2.05) is 0 Å². The lowest BCUT2D eigenvalue weighted by atomic mass is 10.1. The van der Waals surface area contributed by atoms with Crippen LogP contribution in [0.3, 0.4) is 0 Å². The van der Waals surface area contributed by atoms with Gasteiger partial charge in [-0.1, -0.05) is 12.1 Å². The quantitative estimate of drug-likeness (QED) is 0.619. The second-order valence-electron chi connectivity index (χ2n) is 4.84. The maximum atomic E-state index is 12.3. The Bertz CT molecular complexity index is 843. The average Bonchev–Trinajstić information content (AvgIpc) is 2.88. The van der Waals surface area contributed by atoms with Crippen LogP contribution < -0.4 is 10.3 Å². The topological polar surface area (TPSA) is 67.6 Å². The van der Waals surface area contributed by atoms with E-state index in [0.29, 0.717) is 17.3 Å². The summed E-state index contributed by atoms with van der Waals surface area (Å²) < 4.78 is 5.62. The fourth-order valence-corrected chi connectivity index (χ4v) is 2.46. The van der Waals surface area contributed by atoms with E-state index in [0.717, 1.165) is 0 Å². The number of carbonyl (C=O) groups excluding carboxylic acids is 2. The highest BCUT2D eigenvalue weighted by Crippen LogP contribution is 2.28. The standard InChI is InChI=1S/C16H11NO4/c1-2-10-7-14(19)17(8-10)16-12(9-18)15(20)11-5-3-4-6-13(11)21-16/h1,3-6,9-10H,7-8H2. The Morgan fingerprint density at radius 3 is 2.76 bits per heavy atom. The molecule has 1 atom stereocenters. The smallest absolute Gasteiger partial charge is 0.230 e. The molecule has 0 saturated carbocycles. The van der Waals surface area contributed by atoms with Crippen molar-refractivity contribution >= 4 is 29.0 Å². The van der Waals surface area contributed by atoms with E-state index in [9.17, 15) is 14.4 Å². The summed E-state index contributed by atoms with van der Waals surface area (Å²) in [6.07, 6.45) is 5.94. The summed E-state index contributed by atoms with van der Waals surface area (Å²) in [5.41, 5.74) is -0.265. The number of benzene rings is 1. The van der Waals surface area contributed by atoms with Gasteiger partial charge >= 0.3 is 0 Å². The van der Waals surface area contributed by atoms with Gasteiger partial charge in [-0.05, 0) is 12.1 Å². The molecule has 1 saturated heterocycles. The zero-order valence-corrected chi connectivity index (χ0v) is 11.0. The van der Waals surface area contributed by atoms with Crippen LogP contribution in [0.25, 0.3) is 11.0 Å². The van der Waals surface area contributed by atoms with E-state index in [1.54, 1.807) is 24.3 Å². The van der Waals surface area contributed by atoms with Crippen LogP contribution in [0.4, 0.5) is 5.88 Å². The lowest BCUT2D eigenvalue weighted by Crippen LogP contribution is -2.28. The summed E-state index contributed by atoms with van der Waals surface area (Å²) in [6, 6.07) is 6.59. The van der Waals surface area contributed by atoms with Gasteiger partial charge in [-0.25, -0.2) is 0 Å². The van der Waals surface area contributed by atoms with Gasteiger partial charge in [0.1, 0.15) is 11.1 Å². The highest BCUT2D eigenvalue weighted by atomic mass is 16.4. The average molecular weight is 281 g/mol.